The fraction of sp³-hybridized carbons (Fsp3) is 0.333. The van der Waals surface area contributed by atoms with E-state index >= 15 is 8.78 Å². The zero-order chi connectivity index (χ0) is 31.0. The van der Waals surface area contributed by atoms with Gasteiger partial charge in [-0.15, -0.1) is 0 Å². The fourth-order valence-corrected chi connectivity index (χ4v) is 6.39. The van der Waals surface area contributed by atoms with Crippen molar-refractivity contribution in [3.8, 4) is 6.07 Å². The summed E-state index contributed by atoms with van der Waals surface area (Å²) in [6.07, 6.45) is -0.901. The van der Waals surface area contributed by atoms with E-state index in [9.17, 15) is 18.5 Å². The first-order valence-corrected chi connectivity index (χ1v) is 15.6. The molecule has 1 saturated heterocycles. The summed E-state index contributed by atoms with van der Waals surface area (Å²) >= 11 is 12.2. The zero-order valence-corrected chi connectivity index (χ0v) is 25.5. The summed E-state index contributed by atoms with van der Waals surface area (Å²) in [6, 6.07) is 15.1. The Bertz CT molecular complexity index is 1660. The molecule has 1 heterocycles. The van der Waals surface area contributed by atoms with Crippen LogP contribution in [0.1, 0.15) is 44.2 Å². The Balaban J connectivity index is 1.83. The molecule has 7 nitrogen and oxygen atoms in total. The number of nitriles is 1. The van der Waals surface area contributed by atoms with Gasteiger partial charge >= 0.3 is 6.09 Å². The molecule has 42 heavy (non-hydrogen) atoms. The van der Waals surface area contributed by atoms with E-state index in [4.69, 9.17) is 27.9 Å². The van der Waals surface area contributed by atoms with Crippen molar-refractivity contribution in [2.24, 2.45) is 5.41 Å². The third kappa shape index (κ3) is 6.40. The van der Waals surface area contributed by atoms with Crippen molar-refractivity contribution in [3.63, 3.8) is 0 Å². The van der Waals surface area contributed by atoms with Gasteiger partial charge in [0.25, 0.3) is 0 Å². The molecule has 1 fully saturated rings. The van der Waals surface area contributed by atoms with Crippen LogP contribution < -0.4 is 10.6 Å². The van der Waals surface area contributed by atoms with E-state index in [-0.39, 0.29) is 31.8 Å². The predicted molar refractivity (Wildman–Crippen MR) is 157 cm³/mol. The Morgan fingerprint density at radius 3 is 2.36 bits per heavy atom. The average Bonchev–Trinajstić information content (AvgIpc) is 3.16. The topological polar surface area (TPSA) is 108 Å². The number of hydrogen-bond acceptors (Lipinski definition) is 6. The minimum Gasteiger partial charge on any atom is -0.429 e. The Labute approximate surface area is 253 Å². The summed E-state index contributed by atoms with van der Waals surface area (Å²) in [7, 11) is -3.45. The number of amides is 1. The number of anilines is 1. The van der Waals surface area contributed by atoms with Crippen LogP contribution in [0.3, 0.4) is 0 Å². The van der Waals surface area contributed by atoms with E-state index in [1.165, 1.54) is 54.6 Å². The van der Waals surface area contributed by atoms with E-state index in [0.717, 1.165) is 12.3 Å². The van der Waals surface area contributed by atoms with Crippen molar-refractivity contribution in [2.45, 2.75) is 55.7 Å². The molecule has 4 atom stereocenters. The van der Waals surface area contributed by atoms with E-state index in [1.807, 2.05) is 20.8 Å². The van der Waals surface area contributed by atoms with Gasteiger partial charge in [0.2, 0.25) is 0 Å². The summed E-state index contributed by atoms with van der Waals surface area (Å²) in [4.78, 5) is 13.2. The first-order valence-electron chi connectivity index (χ1n) is 12.9. The first kappa shape index (κ1) is 31.7. The number of sulfone groups is 1. The van der Waals surface area contributed by atoms with Crippen LogP contribution in [-0.4, -0.2) is 33.0 Å². The second-order valence-corrected chi connectivity index (χ2v) is 14.3. The summed E-state index contributed by atoms with van der Waals surface area (Å²) in [5, 5.41) is 16.4. The summed E-state index contributed by atoms with van der Waals surface area (Å²) in [5.74, 6) is -2.85. The quantitative estimate of drug-likeness (QED) is 0.296. The van der Waals surface area contributed by atoms with Crippen LogP contribution in [-0.2, 0) is 20.0 Å². The Hall–Kier alpha value is -3.23. The fourth-order valence-electron chi connectivity index (χ4n) is 5.42. The minimum absolute atomic E-state index is 0.0385. The van der Waals surface area contributed by atoms with Gasteiger partial charge in [-0.2, -0.15) is 5.26 Å². The molecule has 0 saturated carbocycles. The Kier molecular flexibility index (Phi) is 8.91. The molecule has 1 amide bonds. The third-order valence-corrected chi connectivity index (χ3v) is 8.82. The van der Waals surface area contributed by atoms with Gasteiger partial charge in [0.1, 0.15) is 17.0 Å². The highest BCUT2D eigenvalue weighted by atomic mass is 35.5. The second-order valence-electron chi connectivity index (χ2n) is 11.5. The maximum atomic E-state index is 15.7. The molecule has 1 aliphatic heterocycles. The molecule has 0 spiro atoms. The highest BCUT2D eigenvalue weighted by Crippen LogP contribution is 2.53. The molecule has 0 radical (unpaired) electrons. The van der Waals surface area contributed by atoms with Crippen molar-refractivity contribution in [2.75, 3.05) is 11.6 Å². The molecule has 4 rings (SSSR count). The molecule has 3 aromatic carbocycles. The summed E-state index contributed by atoms with van der Waals surface area (Å²) < 4.78 is 60.7. The predicted octanol–water partition coefficient (Wildman–Crippen LogP) is 7.20. The monoisotopic (exact) mass is 635 g/mol. The van der Waals surface area contributed by atoms with Gasteiger partial charge in [0, 0.05) is 28.6 Å². The molecule has 12 heteroatoms. The van der Waals surface area contributed by atoms with E-state index in [0.29, 0.717) is 6.42 Å². The van der Waals surface area contributed by atoms with Crippen LogP contribution >= 0.6 is 23.2 Å². The molecule has 0 bridgehead atoms. The second kappa shape index (κ2) is 11.8. The lowest BCUT2D eigenvalue weighted by atomic mass is 9.63. The number of carbonyl (C=O) groups excluding carboxylic acids is 1. The largest absolute Gasteiger partial charge is 0.429 e. The number of nitrogens with one attached hydrogen (secondary N) is 2. The van der Waals surface area contributed by atoms with Gasteiger partial charge in [-0.05, 0) is 59.9 Å². The summed E-state index contributed by atoms with van der Waals surface area (Å²) in [6.45, 7) is 5.81. The molecule has 2 N–H and O–H groups in total. The van der Waals surface area contributed by atoms with Crippen LogP contribution in [0.4, 0.5) is 19.3 Å². The third-order valence-electron chi connectivity index (χ3n) is 7.17. The van der Waals surface area contributed by atoms with E-state index < -0.39 is 56.6 Å². The number of hydrogen-bond donors (Lipinski definition) is 2. The van der Waals surface area contributed by atoms with Crippen molar-refractivity contribution < 1.29 is 26.7 Å². The van der Waals surface area contributed by atoms with Gasteiger partial charge in [0.15, 0.2) is 16.1 Å². The lowest BCUT2D eigenvalue weighted by molar-refractivity contribution is 0.0851. The van der Waals surface area contributed by atoms with Crippen molar-refractivity contribution >= 4 is 44.8 Å². The first-order chi connectivity index (χ1) is 19.6. The normalized spacial score (nSPS) is 22.4. The van der Waals surface area contributed by atoms with Crippen LogP contribution in [0.2, 0.25) is 10.0 Å². The van der Waals surface area contributed by atoms with Crippen LogP contribution in [0, 0.1) is 28.4 Å². The van der Waals surface area contributed by atoms with Gasteiger partial charge < -0.3 is 4.74 Å². The highest BCUT2D eigenvalue weighted by molar-refractivity contribution is 7.90. The van der Waals surface area contributed by atoms with Crippen LogP contribution in [0.25, 0.3) is 0 Å². The minimum atomic E-state index is -3.45. The Morgan fingerprint density at radius 2 is 1.79 bits per heavy atom. The lowest BCUT2D eigenvalue weighted by Gasteiger charge is -2.37. The van der Waals surface area contributed by atoms with Gasteiger partial charge in [0.05, 0.1) is 21.9 Å². The smallest absolute Gasteiger partial charge is 0.413 e. The van der Waals surface area contributed by atoms with Crippen LogP contribution in [0.5, 0.6) is 0 Å². The van der Waals surface area contributed by atoms with E-state index in [2.05, 4.69) is 16.7 Å². The number of carbonyl (C=O) groups is 1. The molecule has 3 aromatic rings. The zero-order valence-electron chi connectivity index (χ0n) is 23.2. The summed E-state index contributed by atoms with van der Waals surface area (Å²) in [5.41, 5.74) is -2.01. The van der Waals surface area contributed by atoms with Crippen molar-refractivity contribution in [1.82, 2.24) is 5.32 Å². The average molecular weight is 637 g/mol. The van der Waals surface area contributed by atoms with E-state index in [1.54, 1.807) is 0 Å². The van der Waals surface area contributed by atoms with Crippen LogP contribution in [0.15, 0.2) is 65.6 Å². The molecule has 0 aromatic heterocycles. The lowest BCUT2D eigenvalue weighted by Crippen LogP contribution is -2.44. The number of benzene rings is 3. The Morgan fingerprint density at radius 1 is 1.12 bits per heavy atom. The number of ether oxygens (including phenoxy) is 1. The maximum absolute atomic E-state index is 15.7. The number of nitrogens with zero attached hydrogens (tertiary/aromatic N) is 1. The van der Waals surface area contributed by atoms with Gasteiger partial charge in [-0.1, -0.05) is 62.2 Å². The number of rotatable bonds is 6. The van der Waals surface area contributed by atoms with Crippen molar-refractivity contribution in [1.29, 1.82) is 5.26 Å². The standard InChI is InChI=1S/C30H29Cl2F2N3O4S/c1-29(2,3)15-24-30(16-35,21-13-8-17(31)14-23(21)33)25(20-6-5-7-22(32)26(20)34)27(37-24)41-28(38)36-18-9-11-19(12-10-18)42(4,39)40/h5-14,24-25,27,37H,15H2,1-4H3,(H,36,38)/t24-,25-,27+,30-/m0/s1. The number of halogens is 4. The molecular weight excluding hydrogens is 607 g/mol. The molecule has 0 aliphatic carbocycles. The highest BCUT2D eigenvalue weighted by Gasteiger charge is 2.61. The molecule has 222 valence electrons. The maximum Gasteiger partial charge on any atom is 0.413 e. The van der Waals surface area contributed by atoms with Crippen molar-refractivity contribution in [3.05, 3.63) is 93.5 Å². The SMILES string of the molecule is CC(C)(C)C[C@@H]1N[C@H](OC(=O)Nc2ccc(S(C)(=O)=O)cc2)[C@H](c2cccc(Cl)c2F)[C@@]1(C#N)c1ccc(Cl)cc1F. The molecule has 0 unspecified atom stereocenters. The molecular formula is C30H29Cl2F2N3O4S. The molecule has 1 aliphatic rings. The van der Waals surface area contributed by atoms with Gasteiger partial charge in [-0.3, -0.25) is 10.6 Å². The van der Waals surface area contributed by atoms with Gasteiger partial charge in [-0.25, -0.2) is 22.0 Å².